The van der Waals surface area contributed by atoms with E-state index < -0.39 is 11.9 Å². The molecular formula is C28H42N2O4. The van der Waals surface area contributed by atoms with E-state index in [2.05, 4.69) is 64.1 Å². The van der Waals surface area contributed by atoms with Gasteiger partial charge in [0.25, 0.3) is 0 Å². The Balaban J connectivity index is 0.000000255. The number of benzene rings is 2. The molecule has 6 nitrogen and oxygen atoms in total. The van der Waals surface area contributed by atoms with E-state index in [9.17, 15) is 9.59 Å². The van der Waals surface area contributed by atoms with Gasteiger partial charge in [-0.15, -0.1) is 0 Å². The van der Waals surface area contributed by atoms with Crippen LogP contribution in [0.15, 0.2) is 36.4 Å². The third kappa shape index (κ3) is 8.73. The van der Waals surface area contributed by atoms with Crippen molar-refractivity contribution in [3.8, 4) is 0 Å². The van der Waals surface area contributed by atoms with Crippen molar-refractivity contribution in [1.29, 1.82) is 0 Å². The standard InChI is InChI=1S/2C10H15N.C8H12O4/c2*1-3-8-6-5-7-9(4-2)10(8)11;9-7(10)5-1-2-6(4-3-5)8(11)12/h2*5-7H,3-4,11H2,1-2H3;5-6H,1-4H2,(H,9,10)(H,11,12). The molecule has 3 rings (SSSR count). The van der Waals surface area contributed by atoms with Gasteiger partial charge in [-0.1, -0.05) is 64.1 Å². The van der Waals surface area contributed by atoms with Crippen molar-refractivity contribution in [2.45, 2.75) is 79.1 Å². The summed E-state index contributed by atoms with van der Waals surface area (Å²) in [6.45, 7) is 8.52. The average Bonchev–Trinajstić information content (AvgIpc) is 2.85. The van der Waals surface area contributed by atoms with Crippen LogP contribution in [0.25, 0.3) is 0 Å². The minimum absolute atomic E-state index is 0.319. The fourth-order valence-corrected chi connectivity index (χ4v) is 4.15. The summed E-state index contributed by atoms with van der Waals surface area (Å²) in [4.78, 5) is 21.0. The van der Waals surface area contributed by atoms with E-state index in [-0.39, 0.29) is 11.8 Å². The second kappa shape index (κ2) is 15.0. The zero-order valence-corrected chi connectivity index (χ0v) is 21.1. The molecule has 2 aromatic rings. The summed E-state index contributed by atoms with van der Waals surface area (Å²) in [5, 5.41) is 17.2. The van der Waals surface area contributed by atoms with Crippen LogP contribution in [0.4, 0.5) is 11.4 Å². The third-order valence-electron chi connectivity index (χ3n) is 6.52. The van der Waals surface area contributed by atoms with Gasteiger partial charge in [0.05, 0.1) is 11.8 Å². The maximum Gasteiger partial charge on any atom is 0.306 e. The molecule has 2 aromatic carbocycles. The second-order valence-electron chi connectivity index (χ2n) is 8.62. The van der Waals surface area contributed by atoms with Crippen LogP contribution in [-0.2, 0) is 35.3 Å². The third-order valence-corrected chi connectivity index (χ3v) is 6.52. The first-order chi connectivity index (χ1) is 16.2. The molecule has 188 valence electrons. The Morgan fingerprint density at radius 2 is 0.882 bits per heavy atom. The Bertz CT molecular complexity index is 799. The van der Waals surface area contributed by atoms with Gasteiger partial charge in [0, 0.05) is 11.4 Å². The first-order valence-electron chi connectivity index (χ1n) is 12.4. The smallest absolute Gasteiger partial charge is 0.306 e. The number of aliphatic carboxylic acids is 2. The summed E-state index contributed by atoms with van der Waals surface area (Å²) in [5.41, 5.74) is 18.8. The van der Waals surface area contributed by atoms with Gasteiger partial charge >= 0.3 is 11.9 Å². The number of hydrogen-bond acceptors (Lipinski definition) is 4. The average molecular weight is 471 g/mol. The maximum absolute atomic E-state index is 10.5. The van der Waals surface area contributed by atoms with Crippen molar-refractivity contribution in [3.05, 3.63) is 58.7 Å². The lowest BCUT2D eigenvalue weighted by Gasteiger charge is -2.22. The molecule has 0 saturated heterocycles. The molecule has 0 unspecified atom stereocenters. The number of anilines is 2. The van der Waals surface area contributed by atoms with E-state index in [1.165, 1.54) is 22.3 Å². The summed E-state index contributed by atoms with van der Waals surface area (Å²) in [6, 6.07) is 12.5. The van der Waals surface area contributed by atoms with E-state index in [0.29, 0.717) is 25.7 Å². The Morgan fingerprint density at radius 1 is 0.647 bits per heavy atom. The summed E-state index contributed by atoms with van der Waals surface area (Å²) in [7, 11) is 0. The zero-order chi connectivity index (χ0) is 25.7. The summed E-state index contributed by atoms with van der Waals surface area (Å²) in [6.07, 6.45) is 6.13. The Kier molecular flexibility index (Phi) is 12.8. The summed E-state index contributed by atoms with van der Waals surface area (Å²) in [5.74, 6) is -2.22. The molecule has 1 fully saturated rings. The molecule has 0 amide bonds. The van der Waals surface area contributed by atoms with E-state index in [1.807, 2.05) is 0 Å². The number of aryl methyl sites for hydroxylation is 4. The molecule has 34 heavy (non-hydrogen) atoms. The van der Waals surface area contributed by atoms with E-state index in [0.717, 1.165) is 37.1 Å². The van der Waals surface area contributed by atoms with Gasteiger partial charge in [-0.05, 0) is 73.6 Å². The highest BCUT2D eigenvalue weighted by Gasteiger charge is 2.29. The highest BCUT2D eigenvalue weighted by atomic mass is 16.4. The fourth-order valence-electron chi connectivity index (χ4n) is 4.15. The molecule has 0 bridgehead atoms. The van der Waals surface area contributed by atoms with Crippen molar-refractivity contribution in [3.63, 3.8) is 0 Å². The van der Waals surface area contributed by atoms with Gasteiger partial charge in [-0.3, -0.25) is 9.59 Å². The van der Waals surface area contributed by atoms with Crippen molar-refractivity contribution in [1.82, 2.24) is 0 Å². The molecule has 0 heterocycles. The van der Waals surface area contributed by atoms with Crippen molar-refractivity contribution < 1.29 is 19.8 Å². The molecule has 1 aliphatic carbocycles. The van der Waals surface area contributed by atoms with Crippen LogP contribution in [0.1, 0.15) is 75.6 Å². The normalized spacial score (nSPS) is 16.9. The minimum Gasteiger partial charge on any atom is -0.481 e. The van der Waals surface area contributed by atoms with Gasteiger partial charge in [-0.2, -0.15) is 0 Å². The van der Waals surface area contributed by atoms with Crippen LogP contribution >= 0.6 is 0 Å². The van der Waals surface area contributed by atoms with E-state index >= 15 is 0 Å². The second-order valence-corrected chi connectivity index (χ2v) is 8.62. The number of nitrogens with two attached hydrogens (primary N) is 2. The Morgan fingerprint density at radius 3 is 1.06 bits per heavy atom. The SMILES string of the molecule is CCc1cccc(CC)c1N.CCc1cccc(CC)c1N.O=C(O)C1CCC(C(=O)O)CC1. The lowest BCUT2D eigenvalue weighted by atomic mass is 9.82. The lowest BCUT2D eigenvalue weighted by Crippen LogP contribution is -2.25. The van der Waals surface area contributed by atoms with Crippen LogP contribution < -0.4 is 11.5 Å². The van der Waals surface area contributed by atoms with Crippen LogP contribution in [0, 0.1) is 11.8 Å². The fraction of sp³-hybridized carbons (Fsp3) is 0.500. The molecule has 0 spiro atoms. The van der Waals surface area contributed by atoms with Crippen molar-refractivity contribution >= 4 is 23.3 Å². The number of nitrogen functional groups attached to an aromatic ring is 2. The van der Waals surface area contributed by atoms with Crippen LogP contribution in [0.5, 0.6) is 0 Å². The number of carbonyl (C=O) groups is 2. The predicted octanol–water partition coefficient (Wildman–Crippen LogP) is 5.75. The summed E-state index contributed by atoms with van der Waals surface area (Å²) < 4.78 is 0. The van der Waals surface area contributed by atoms with Crippen LogP contribution in [0.3, 0.4) is 0 Å². The van der Waals surface area contributed by atoms with Gasteiger partial charge < -0.3 is 21.7 Å². The molecule has 0 atom stereocenters. The van der Waals surface area contributed by atoms with Gasteiger partial charge in [0.15, 0.2) is 0 Å². The lowest BCUT2D eigenvalue weighted by molar-refractivity contribution is -0.148. The highest BCUT2D eigenvalue weighted by Crippen LogP contribution is 2.28. The van der Waals surface area contributed by atoms with Gasteiger partial charge in [0.2, 0.25) is 0 Å². The Hall–Kier alpha value is -3.02. The van der Waals surface area contributed by atoms with E-state index in [4.69, 9.17) is 21.7 Å². The topological polar surface area (TPSA) is 127 Å². The molecule has 0 aromatic heterocycles. The molecule has 0 aliphatic heterocycles. The number of rotatable bonds is 6. The highest BCUT2D eigenvalue weighted by molar-refractivity contribution is 5.72. The summed E-state index contributed by atoms with van der Waals surface area (Å²) >= 11 is 0. The Labute approximate surface area is 204 Å². The number of para-hydroxylation sites is 2. The predicted molar refractivity (Wildman–Crippen MR) is 140 cm³/mol. The monoisotopic (exact) mass is 470 g/mol. The van der Waals surface area contributed by atoms with Crippen molar-refractivity contribution in [2.24, 2.45) is 11.8 Å². The molecule has 1 saturated carbocycles. The molecular weight excluding hydrogens is 428 g/mol. The molecule has 6 N–H and O–H groups in total. The number of carboxylic acid groups (broad SMARTS) is 2. The molecule has 6 heteroatoms. The minimum atomic E-state index is -0.793. The number of hydrogen-bond donors (Lipinski definition) is 4. The van der Waals surface area contributed by atoms with Crippen LogP contribution in [0.2, 0.25) is 0 Å². The number of carboxylic acids is 2. The van der Waals surface area contributed by atoms with Gasteiger partial charge in [0.1, 0.15) is 0 Å². The molecule has 0 radical (unpaired) electrons. The zero-order valence-electron chi connectivity index (χ0n) is 21.1. The van der Waals surface area contributed by atoms with Gasteiger partial charge in [-0.25, -0.2) is 0 Å². The quantitative estimate of drug-likeness (QED) is 0.398. The largest absolute Gasteiger partial charge is 0.481 e. The molecule has 1 aliphatic rings. The first-order valence-corrected chi connectivity index (χ1v) is 12.4. The first kappa shape index (κ1) is 29.0. The van der Waals surface area contributed by atoms with Crippen molar-refractivity contribution in [2.75, 3.05) is 11.5 Å². The van der Waals surface area contributed by atoms with E-state index in [1.54, 1.807) is 0 Å². The van der Waals surface area contributed by atoms with Crippen LogP contribution in [-0.4, -0.2) is 22.2 Å². The maximum atomic E-state index is 10.5.